The molecule has 0 spiro atoms. The van der Waals surface area contributed by atoms with Crippen molar-refractivity contribution >= 4 is 0 Å². The van der Waals surface area contributed by atoms with Gasteiger partial charge in [-0.2, -0.15) is 0 Å². The summed E-state index contributed by atoms with van der Waals surface area (Å²) in [5.41, 5.74) is 0.172. The summed E-state index contributed by atoms with van der Waals surface area (Å²) < 4.78 is 26.7. The van der Waals surface area contributed by atoms with Crippen LogP contribution in [0.1, 0.15) is 26.3 Å². The van der Waals surface area contributed by atoms with E-state index in [0.29, 0.717) is 12.3 Å². The number of rotatable bonds is 5. The fourth-order valence-corrected chi connectivity index (χ4v) is 1.54. The second-order valence-electron chi connectivity index (χ2n) is 4.61. The van der Waals surface area contributed by atoms with E-state index >= 15 is 0 Å². The van der Waals surface area contributed by atoms with Crippen LogP contribution in [0.4, 0.5) is 8.78 Å². The fourth-order valence-electron chi connectivity index (χ4n) is 1.54. The summed E-state index contributed by atoms with van der Waals surface area (Å²) in [4.78, 5) is 0. The molecule has 0 radical (unpaired) electrons. The lowest BCUT2D eigenvalue weighted by atomic mass is 10.1. The Balaban J connectivity index is 2.59. The molecule has 1 unspecified atom stereocenters. The number of nitrogens with one attached hydrogen (secondary N) is 1. The van der Waals surface area contributed by atoms with Crippen molar-refractivity contribution in [2.45, 2.75) is 33.2 Å². The maximum Gasteiger partial charge on any atom is 0.129 e. The van der Waals surface area contributed by atoms with Gasteiger partial charge in [-0.3, -0.25) is 0 Å². The number of hydrogen-bond acceptors (Lipinski definition) is 1. The van der Waals surface area contributed by atoms with Crippen molar-refractivity contribution in [3.63, 3.8) is 0 Å². The van der Waals surface area contributed by atoms with E-state index < -0.39 is 11.6 Å². The van der Waals surface area contributed by atoms with Crippen LogP contribution in [-0.2, 0) is 6.42 Å². The first-order valence-corrected chi connectivity index (χ1v) is 5.67. The van der Waals surface area contributed by atoms with E-state index in [0.717, 1.165) is 6.54 Å². The Morgan fingerprint density at radius 3 is 2.19 bits per heavy atom. The van der Waals surface area contributed by atoms with Crippen LogP contribution in [0.25, 0.3) is 0 Å². The van der Waals surface area contributed by atoms with Crippen LogP contribution in [0.5, 0.6) is 0 Å². The van der Waals surface area contributed by atoms with Crippen molar-refractivity contribution in [2.24, 2.45) is 5.92 Å². The van der Waals surface area contributed by atoms with E-state index in [1.54, 1.807) is 0 Å². The molecular weight excluding hydrogens is 208 g/mol. The Labute approximate surface area is 95.9 Å². The van der Waals surface area contributed by atoms with Gasteiger partial charge in [0.05, 0.1) is 0 Å². The molecule has 0 saturated heterocycles. The highest BCUT2D eigenvalue weighted by molar-refractivity contribution is 5.20. The molecule has 0 fully saturated rings. The third-order valence-corrected chi connectivity index (χ3v) is 2.45. The lowest BCUT2D eigenvalue weighted by Gasteiger charge is -2.16. The van der Waals surface area contributed by atoms with Crippen LogP contribution in [0, 0.1) is 17.6 Å². The molecule has 16 heavy (non-hydrogen) atoms. The molecule has 0 saturated carbocycles. The third-order valence-electron chi connectivity index (χ3n) is 2.45. The summed E-state index contributed by atoms with van der Waals surface area (Å²) in [6.45, 7) is 7.00. The summed E-state index contributed by atoms with van der Waals surface area (Å²) in [5.74, 6) is -0.385. The van der Waals surface area contributed by atoms with Crippen LogP contribution in [0.15, 0.2) is 18.2 Å². The molecule has 0 heterocycles. The van der Waals surface area contributed by atoms with Crippen LogP contribution < -0.4 is 5.32 Å². The molecule has 1 N–H and O–H groups in total. The second kappa shape index (κ2) is 5.94. The van der Waals surface area contributed by atoms with Gasteiger partial charge in [-0.05, 0) is 37.9 Å². The lowest BCUT2D eigenvalue weighted by molar-refractivity contribution is 0.464. The first-order valence-electron chi connectivity index (χ1n) is 5.67. The Hall–Kier alpha value is -0.960. The minimum absolute atomic E-state index is 0.0776. The van der Waals surface area contributed by atoms with E-state index in [4.69, 9.17) is 0 Å². The van der Waals surface area contributed by atoms with Gasteiger partial charge in [-0.1, -0.05) is 19.9 Å². The van der Waals surface area contributed by atoms with Gasteiger partial charge in [0.15, 0.2) is 0 Å². The maximum absolute atomic E-state index is 13.3. The molecule has 90 valence electrons. The predicted octanol–water partition coefficient (Wildman–Crippen LogP) is 3.14. The van der Waals surface area contributed by atoms with E-state index in [-0.39, 0.29) is 11.6 Å². The molecule has 0 aliphatic rings. The van der Waals surface area contributed by atoms with Gasteiger partial charge in [0.25, 0.3) is 0 Å². The van der Waals surface area contributed by atoms with Gasteiger partial charge in [0.1, 0.15) is 11.6 Å². The average Bonchev–Trinajstić information content (AvgIpc) is 2.21. The minimum Gasteiger partial charge on any atom is -0.314 e. The first-order chi connectivity index (χ1) is 7.50. The maximum atomic E-state index is 13.3. The molecule has 0 aliphatic heterocycles. The first kappa shape index (κ1) is 13.1. The molecule has 1 aromatic rings. The summed E-state index contributed by atoms with van der Waals surface area (Å²) in [7, 11) is 0. The van der Waals surface area contributed by atoms with Crippen LogP contribution in [0.3, 0.4) is 0 Å². The normalized spacial score (nSPS) is 13.1. The van der Waals surface area contributed by atoms with Gasteiger partial charge < -0.3 is 5.32 Å². The molecule has 0 aliphatic carbocycles. The standard InChI is InChI=1S/C13H19F2N/c1-9(2)8-16-10(3)7-11-12(14)5-4-6-13(11)15/h4-6,9-10,16H,7-8H2,1-3H3. The number of halogens is 2. The van der Waals surface area contributed by atoms with E-state index in [1.807, 2.05) is 6.92 Å². The molecule has 1 aromatic carbocycles. The molecule has 1 nitrogen and oxygen atoms in total. The molecule has 1 rings (SSSR count). The summed E-state index contributed by atoms with van der Waals surface area (Å²) in [5, 5.41) is 3.25. The quantitative estimate of drug-likeness (QED) is 0.814. The fraction of sp³-hybridized carbons (Fsp3) is 0.538. The van der Waals surface area contributed by atoms with Crippen LogP contribution >= 0.6 is 0 Å². The van der Waals surface area contributed by atoms with Gasteiger partial charge in [-0.15, -0.1) is 0 Å². The Morgan fingerprint density at radius 2 is 1.69 bits per heavy atom. The van der Waals surface area contributed by atoms with Crippen molar-refractivity contribution in [1.82, 2.24) is 5.32 Å². The lowest BCUT2D eigenvalue weighted by Crippen LogP contribution is -2.31. The Kier molecular flexibility index (Phi) is 4.87. The molecule has 3 heteroatoms. The monoisotopic (exact) mass is 227 g/mol. The number of hydrogen-bond donors (Lipinski definition) is 1. The zero-order chi connectivity index (χ0) is 12.1. The van der Waals surface area contributed by atoms with Crippen molar-refractivity contribution in [2.75, 3.05) is 6.54 Å². The van der Waals surface area contributed by atoms with Crippen LogP contribution in [0.2, 0.25) is 0 Å². The van der Waals surface area contributed by atoms with Crippen molar-refractivity contribution < 1.29 is 8.78 Å². The van der Waals surface area contributed by atoms with E-state index in [1.165, 1.54) is 18.2 Å². The Bertz CT molecular complexity index is 316. The topological polar surface area (TPSA) is 12.0 Å². The SMILES string of the molecule is CC(C)CNC(C)Cc1c(F)cccc1F. The van der Waals surface area contributed by atoms with Crippen LogP contribution in [-0.4, -0.2) is 12.6 Å². The summed E-state index contributed by atoms with van der Waals surface area (Å²) in [6.07, 6.45) is 0.380. The Morgan fingerprint density at radius 1 is 1.12 bits per heavy atom. The van der Waals surface area contributed by atoms with Gasteiger partial charge in [-0.25, -0.2) is 8.78 Å². The highest BCUT2D eigenvalue weighted by atomic mass is 19.1. The molecular formula is C13H19F2N. The van der Waals surface area contributed by atoms with Crippen molar-refractivity contribution in [3.8, 4) is 0 Å². The highest BCUT2D eigenvalue weighted by Gasteiger charge is 2.12. The average molecular weight is 227 g/mol. The largest absolute Gasteiger partial charge is 0.314 e. The predicted molar refractivity (Wildman–Crippen MR) is 62.4 cm³/mol. The summed E-state index contributed by atoms with van der Waals surface area (Å²) in [6, 6.07) is 4.07. The highest BCUT2D eigenvalue weighted by Crippen LogP contribution is 2.14. The molecule has 1 atom stereocenters. The second-order valence-corrected chi connectivity index (χ2v) is 4.61. The van der Waals surface area contributed by atoms with Crippen molar-refractivity contribution in [3.05, 3.63) is 35.4 Å². The zero-order valence-electron chi connectivity index (χ0n) is 10.1. The van der Waals surface area contributed by atoms with E-state index in [2.05, 4.69) is 19.2 Å². The van der Waals surface area contributed by atoms with Gasteiger partial charge in [0.2, 0.25) is 0 Å². The smallest absolute Gasteiger partial charge is 0.129 e. The van der Waals surface area contributed by atoms with Crippen molar-refractivity contribution in [1.29, 1.82) is 0 Å². The third kappa shape index (κ3) is 3.89. The minimum atomic E-state index is -0.460. The van der Waals surface area contributed by atoms with Gasteiger partial charge >= 0.3 is 0 Å². The number of benzene rings is 1. The molecule has 0 amide bonds. The van der Waals surface area contributed by atoms with Gasteiger partial charge in [0, 0.05) is 11.6 Å². The molecule has 0 bridgehead atoms. The summed E-state index contributed by atoms with van der Waals surface area (Å²) >= 11 is 0. The van der Waals surface area contributed by atoms with E-state index in [9.17, 15) is 8.78 Å². The zero-order valence-corrected chi connectivity index (χ0v) is 10.1. The molecule has 0 aromatic heterocycles.